The third-order valence-corrected chi connectivity index (χ3v) is 2.44. The van der Waals surface area contributed by atoms with Crippen LogP contribution in [0.25, 0.3) is 0 Å². The summed E-state index contributed by atoms with van der Waals surface area (Å²) in [5.41, 5.74) is 0. The standard InChI is InChI=1S/C2H5NO.CH4N.Sn/c1-2(3)4;1-2;/h1H3,(H2,3,4);2H,1H3;/q;-1;+2/p-1. The number of carbonyl (C=O) groups excluding carboxylic acids is 1. The van der Waals surface area contributed by atoms with Crippen LogP contribution in [-0.2, 0) is 4.79 Å². The Bertz CT molecular complexity index is 66.0. The summed E-state index contributed by atoms with van der Waals surface area (Å²) in [6.07, 6.45) is 0. The Morgan fingerprint density at radius 2 is 2.29 bits per heavy atom. The number of carbonyl (C=O) groups is 1. The van der Waals surface area contributed by atoms with E-state index in [4.69, 9.17) is 0 Å². The van der Waals surface area contributed by atoms with Gasteiger partial charge in [-0.15, -0.1) is 0 Å². The number of amides is 1. The van der Waals surface area contributed by atoms with Gasteiger partial charge in [0.2, 0.25) is 0 Å². The van der Waals surface area contributed by atoms with Crippen molar-refractivity contribution >= 4 is 27.6 Å². The third-order valence-electron chi connectivity index (χ3n) is 0.364. The van der Waals surface area contributed by atoms with E-state index in [9.17, 15) is 4.79 Å². The van der Waals surface area contributed by atoms with Gasteiger partial charge in [-0.1, -0.05) is 0 Å². The zero-order valence-electron chi connectivity index (χ0n) is 4.41. The molecule has 0 unspecified atom stereocenters. The molecule has 0 atom stereocenters. The Balaban J connectivity index is 2.82. The second-order valence-corrected chi connectivity index (χ2v) is 3.91. The molecule has 2 radical (unpaired) electrons. The van der Waals surface area contributed by atoms with Gasteiger partial charge in [-0.2, -0.15) is 0 Å². The van der Waals surface area contributed by atoms with E-state index < -0.39 is 21.7 Å². The van der Waals surface area contributed by atoms with Crippen molar-refractivity contribution < 1.29 is 4.79 Å². The molecule has 0 heterocycles. The summed E-state index contributed by atoms with van der Waals surface area (Å²) >= 11 is -0.705. The minimum absolute atomic E-state index is 0.0703. The molecule has 0 aliphatic carbocycles. The SMILES string of the molecule is C[NH][Sn][NH]C(C)=O. The van der Waals surface area contributed by atoms with Crippen LogP contribution in [0.2, 0.25) is 0 Å². The first-order valence-electron chi connectivity index (χ1n) is 1.95. The maximum absolute atomic E-state index is 10.1. The van der Waals surface area contributed by atoms with Crippen molar-refractivity contribution in [3.05, 3.63) is 0 Å². The van der Waals surface area contributed by atoms with E-state index in [2.05, 4.69) is 7.08 Å². The van der Waals surface area contributed by atoms with Crippen molar-refractivity contribution in [2.24, 2.45) is 0 Å². The van der Waals surface area contributed by atoms with Gasteiger partial charge in [-0.25, -0.2) is 0 Å². The van der Waals surface area contributed by atoms with Crippen LogP contribution in [0.5, 0.6) is 0 Å². The fourth-order valence-electron chi connectivity index (χ4n) is 0.151. The fourth-order valence-corrected chi connectivity index (χ4v) is 1.01. The molecule has 2 N–H and O–H groups in total. The van der Waals surface area contributed by atoms with Crippen LogP contribution in [0.15, 0.2) is 0 Å². The van der Waals surface area contributed by atoms with Crippen molar-refractivity contribution in [1.29, 1.82) is 0 Å². The van der Waals surface area contributed by atoms with Crippen LogP contribution in [0.1, 0.15) is 6.92 Å². The third kappa shape index (κ3) is 6.23. The van der Waals surface area contributed by atoms with Crippen LogP contribution in [0, 0.1) is 0 Å². The average Bonchev–Trinajstić information content (AvgIpc) is 1.61. The van der Waals surface area contributed by atoms with E-state index in [1.54, 1.807) is 0 Å². The van der Waals surface area contributed by atoms with Crippen molar-refractivity contribution in [1.82, 2.24) is 7.08 Å². The first-order chi connectivity index (χ1) is 3.27. The number of hydrogen-bond acceptors (Lipinski definition) is 2. The molecular formula is C3H8N2OSn. The van der Waals surface area contributed by atoms with Crippen LogP contribution >= 0.6 is 0 Å². The Morgan fingerprint density at radius 3 is 2.43 bits per heavy atom. The van der Waals surface area contributed by atoms with Crippen LogP contribution in [-0.4, -0.2) is 34.6 Å². The first kappa shape index (κ1) is 7.23. The Labute approximate surface area is 53.8 Å². The first-order valence-corrected chi connectivity index (χ1v) is 4.81. The molecule has 3 nitrogen and oxygen atoms in total. The van der Waals surface area contributed by atoms with Crippen molar-refractivity contribution in [2.75, 3.05) is 7.05 Å². The topological polar surface area (TPSA) is 41.1 Å². The summed E-state index contributed by atoms with van der Waals surface area (Å²) in [5.74, 6) is 0.0703. The molecule has 0 aromatic rings. The van der Waals surface area contributed by atoms with Crippen LogP contribution in [0.3, 0.4) is 0 Å². The van der Waals surface area contributed by atoms with Gasteiger partial charge in [0.15, 0.2) is 0 Å². The molecule has 0 aliphatic rings. The number of nitrogens with one attached hydrogen (secondary N) is 2. The van der Waals surface area contributed by atoms with Gasteiger partial charge in [-0.3, -0.25) is 0 Å². The van der Waals surface area contributed by atoms with Gasteiger partial charge >= 0.3 is 53.4 Å². The van der Waals surface area contributed by atoms with Gasteiger partial charge in [0.05, 0.1) is 0 Å². The van der Waals surface area contributed by atoms with Gasteiger partial charge in [-0.05, 0) is 0 Å². The molecule has 0 saturated heterocycles. The van der Waals surface area contributed by atoms with Crippen molar-refractivity contribution in [2.45, 2.75) is 6.92 Å². The second-order valence-electron chi connectivity index (χ2n) is 1.06. The molecule has 0 spiro atoms. The van der Waals surface area contributed by atoms with Crippen molar-refractivity contribution in [3.63, 3.8) is 0 Å². The van der Waals surface area contributed by atoms with Crippen LogP contribution < -0.4 is 7.08 Å². The molecule has 0 fully saturated rings. The molecule has 0 rings (SSSR count). The Morgan fingerprint density at radius 1 is 1.71 bits per heavy atom. The molecule has 4 heteroatoms. The number of rotatable bonds is 2. The predicted octanol–water partition coefficient (Wildman–Crippen LogP) is -1.12. The van der Waals surface area contributed by atoms with E-state index in [1.807, 2.05) is 7.05 Å². The molecule has 1 amide bonds. The quantitative estimate of drug-likeness (QED) is 0.562. The monoisotopic (exact) mass is 208 g/mol. The number of hydrogen-bond donors (Lipinski definition) is 2. The molecule has 0 bridgehead atoms. The molecule has 0 saturated carbocycles. The Hall–Kier alpha value is 0.229. The zero-order valence-corrected chi connectivity index (χ0v) is 7.26. The van der Waals surface area contributed by atoms with Gasteiger partial charge < -0.3 is 0 Å². The average molecular weight is 207 g/mol. The zero-order chi connectivity index (χ0) is 5.70. The van der Waals surface area contributed by atoms with E-state index in [1.165, 1.54) is 6.92 Å². The van der Waals surface area contributed by atoms with E-state index >= 15 is 0 Å². The molecule has 0 aromatic carbocycles. The molecular weight excluding hydrogens is 199 g/mol. The molecule has 7 heavy (non-hydrogen) atoms. The summed E-state index contributed by atoms with van der Waals surface area (Å²) in [5, 5.41) is 0. The summed E-state index contributed by atoms with van der Waals surface area (Å²) in [6.45, 7) is 1.53. The minimum atomic E-state index is -0.705. The van der Waals surface area contributed by atoms with Crippen LogP contribution in [0.4, 0.5) is 0 Å². The molecule has 40 valence electrons. The second kappa shape index (κ2) is 4.39. The summed E-state index contributed by atoms with van der Waals surface area (Å²) in [6, 6.07) is 0. The van der Waals surface area contributed by atoms with Gasteiger partial charge in [0.25, 0.3) is 0 Å². The van der Waals surface area contributed by atoms with Crippen molar-refractivity contribution in [3.8, 4) is 0 Å². The van der Waals surface area contributed by atoms with E-state index in [0.29, 0.717) is 0 Å². The van der Waals surface area contributed by atoms with E-state index in [-0.39, 0.29) is 5.91 Å². The van der Waals surface area contributed by atoms with Gasteiger partial charge in [0.1, 0.15) is 0 Å². The summed E-state index contributed by atoms with van der Waals surface area (Å²) in [7, 11) is 1.85. The normalized spacial score (nSPS) is 8.29. The summed E-state index contributed by atoms with van der Waals surface area (Å²) < 4.78 is 5.65. The molecule has 0 aliphatic heterocycles. The molecule has 0 aromatic heterocycles. The fraction of sp³-hybridized carbons (Fsp3) is 0.667. The van der Waals surface area contributed by atoms with E-state index in [0.717, 1.165) is 0 Å². The maximum atomic E-state index is 10.1. The summed E-state index contributed by atoms with van der Waals surface area (Å²) in [4.78, 5) is 10.1. The Kier molecular flexibility index (Phi) is 4.53. The predicted molar refractivity (Wildman–Crippen MR) is 28.6 cm³/mol. The van der Waals surface area contributed by atoms with Gasteiger partial charge in [0, 0.05) is 0 Å².